The van der Waals surface area contributed by atoms with E-state index >= 15 is 0 Å². The summed E-state index contributed by atoms with van der Waals surface area (Å²) >= 11 is 0. The van der Waals surface area contributed by atoms with Gasteiger partial charge in [-0.05, 0) is 18.2 Å². The lowest BCUT2D eigenvalue weighted by Crippen LogP contribution is -2.33. The SMILES string of the molecule is N=C(ON)c1ccccn1.NC1N=C(c2ccccc2)c2ccccc2NC1=O. The number of amides is 1. The Kier molecular flexibility index (Phi) is 6.41. The van der Waals surface area contributed by atoms with E-state index in [1.54, 1.807) is 24.4 Å². The second kappa shape index (κ2) is 9.36. The van der Waals surface area contributed by atoms with Crippen LogP contribution in [0.2, 0.25) is 0 Å². The number of fused-ring (bicyclic) bond motifs is 1. The molecule has 2 aromatic carbocycles. The number of carbonyl (C=O) groups is 1. The van der Waals surface area contributed by atoms with E-state index in [2.05, 4.69) is 20.1 Å². The van der Waals surface area contributed by atoms with E-state index in [0.717, 1.165) is 22.5 Å². The summed E-state index contributed by atoms with van der Waals surface area (Å²) in [5.41, 5.74) is 9.53. The molecule has 1 aliphatic heterocycles. The molecule has 0 saturated carbocycles. The maximum atomic E-state index is 11.8. The third kappa shape index (κ3) is 4.89. The minimum atomic E-state index is -0.886. The monoisotopic (exact) mass is 388 g/mol. The number of hydrogen-bond donors (Lipinski definition) is 4. The first-order chi connectivity index (χ1) is 14.1. The lowest BCUT2D eigenvalue weighted by Gasteiger charge is -2.09. The number of benzodiazepines with no additional fused rings is 1. The third-order valence-electron chi connectivity index (χ3n) is 4.04. The first-order valence-electron chi connectivity index (χ1n) is 8.76. The summed E-state index contributed by atoms with van der Waals surface area (Å²) < 4.78 is 0. The molecule has 0 saturated heterocycles. The van der Waals surface area contributed by atoms with Crippen LogP contribution in [0.3, 0.4) is 0 Å². The Hall–Kier alpha value is -3.88. The molecule has 6 N–H and O–H groups in total. The van der Waals surface area contributed by atoms with E-state index in [1.165, 1.54) is 0 Å². The summed E-state index contributed by atoms with van der Waals surface area (Å²) in [6.45, 7) is 0. The molecule has 8 heteroatoms. The van der Waals surface area contributed by atoms with Crippen LogP contribution in [0.1, 0.15) is 16.8 Å². The van der Waals surface area contributed by atoms with Gasteiger partial charge in [0.2, 0.25) is 0 Å². The topological polar surface area (TPSA) is 139 Å². The molecular formula is C21H20N6O2. The minimum absolute atomic E-state index is 0.124. The fourth-order valence-corrected chi connectivity index (χ4v) is 2.66. The van der Waals surface area contributed by atoms with E-state index in [1.807, 2.05) is 54.6 Å². The molecule has 0 spiro atoms. The fourth-order valence-electron chi connectivity index (χ4n) is 2.66. The van der Waals surface area contributed by atoms with Gasteiger partial charge in [-0.3, -0.25) is 20.2 Å². The standard InChI is InChI=1S/C15H13N3O.C6H7N3O/c16-14-15(19)17-12-9-5-4-8-11(12)13(18-14)10-6-2-1-3-7-10;7-6(10-8)5-3-1-2-4-9-5/h1-9,14H,16H2,(H,17,19);1-4,7H,8H2. The number of anilines is 1. The summed E-state index contributed by atoms with van der Waals surface area (Å²) in [4.78, 5) is 24.1. The molecule has 8 nitrogen and oxygen atoms in total. The zero-order valence-corrected chi connectivity index (χ0v) is 15.4. The van der Waals surface area contributed by atoms with E-state index in [-0.39, 0.29) is 11.8 Å². The van der Waals surface area contributed by atoms with Gasteiger partial charge in [0.25, 0.3) is 11.8 Å². The Morgan fingerprint density at radius 3 is 2.38 bits per heavy atom. The van der Waals surface area contributed by atoms with Crippen LogP contribution in [-0.2, 0) is 9.63 Å². The minimum Gasteiger partial charge on any atom is -0.389 e. The number of nitrogens with two attached hydrogens (primary N) is 2. The van der Waals surface area contributed by atoms with Gasteiger partial charge in [0.15, 0.2) is 6.17 Å². The molecule has 146 valence electrons. The number of nitrogens with one attached hydrogen (secondary N) is 2. The number of pyridine rings is 1. The van der Waals surface area contributed by atoms with Crippen LogP contribution in [-0.4, -0.2) is 28.7 Å². The Labute approximate surface area is 167 Å². The first kappa shape index (κ1) is 19.9. The highest BCUT2D eigenvalue weighted by Crippen LogP contribution is 2.23. The fraction of sp³-hybridized carbons (Fsp3) is 0.0476. The number of para-hydroxylation sites is 1. The summed E-state index contributed by atoms with van der Waals surface area (Å²) in [5.74, 6) is 4.32. The van der Waals surface area contributed by atoms with Crippen molar-refractivity contribution in [1.82, 2.24) is 4.98 Å². The van der Waals surface area contributed by atoms with Crippen molar-refractivity contribution >= 4 is 23.2 Å². The second-order valence-electron chi connectivity index (χ2n) is 5.99. The summed E-state index contributed by atoms with van der Waals surface area (Å²) in [6.07, 6.45) is 0.686. The third-order valence-corrected chi connectivity index (χ3v) is 4.04. The number of rotatable bonds is 2. The van der Waals surface area contributed by atoms with Gasteiger partial charge in [0, 0.05) is 17.3 Å². The molecule has 2 heterocycles. The van der Waals surface area contributed by atoms with E-state index in [0.29, 0.717) is 5.69 Å². The maximum Gasteiger partial charge on any atom is 0.263 e. The molecule has 1 aromatic heterocycles. The van der Waals surface area contributed by atoms with Crippen molar-refractivity contribution < 1.29 is 9.63 Å². The van der Waals surface area contributed by atoms with Crippen molar-refractivity contribution in [3.8, 4) is 0 Å². The van der Waals surface area contributed by atoms with Crippen molar-refractivity contribution in [2.24, 2.45) is 16.6 Å². The van der Waals surface area contributed by atoms with Gasteiger partial charge in [-0.2, -0.15) is 5.90 Å². The lowest BCUT2D eigenvalue weighted by atomic mass is 10.0. The smallest absolute Gasteiger partial charge is 0.263 e. The zero-order chi connectivity index (χ0) is 20.6. The first-order valence-corrected chi connectivity index (χ1v) is 8.76. The van der Waals surface area contributed by atoms with Gasteiger partial charge in [0.1, 0.15) is 5.69 Å². The second-order valence-corrected chi connectivity index (χ2v) is 5.99. The number of hydrogen-bond acceptors (Lipinski definition) is 7. The molecule has 1 amide bonds. The highest BCUT2D eigenvalue weighted by atomic mass is 16.6. The van der Waals surface area contributed by atoms with E-state index in [9.17, 15) is 4.79 Å². The Morgan fingerprint density at radius 1 is 1.00 bits per heavy atom. The molecule has 0 bridgehead atoms. The number of benzene rings is 2. The quantitative estimate of drug-likeness (QED) is 0.302. The van der Waals surface area contributed by atoms with Gasteiger partial charge < -0.3 is 15.9 Å². The normalized spacial score (nSPS) is 14.9. The van der Waals surface area contributed by atoms with Crippen LogP contribution >= 0.6 is 0 Å². The van der Waals surface area contributed by atoms with Crippen LogP contribution in [0.25, 0.3) is 0 Å². The number of aromatic nitrogens is 1. The molecule has 0 aliphatic carbocycles. The van der Waals surface area contributed by atoms with Crippen molar-refractivity contribution in [2.45, 2.75) is 6.17 Å². The average Bonchev–Trinajstić information content (AvgIpc) is 2.91. The molecule has 1 atom stereocenters. The lowest BCUT2D eigenvalue weighted by molar-refractivity contribution is -0.117. The van der Waals surface area contributed by atoms with Crippen molar-refractivity contribution in [3.63, 3.8) is 0 Å². The van der Waals surface area contributed by atoms with Crippen LogP contribution in [0.15, 0.2) is 84.0 Å². The highest BCUT2D eigenvalue weighted by molar-refractivity contribution is 6.19. The number of aliphatic imine (C=N–C) groups is 1. The van der Waals surface area contributed by atoms with Gasteiger partial charge in [0.05, 0.1) is 11.4 Å². The summed E-state index contributed by atoms with van der Waals surface area (Å²) in [5, 5.41) is 9.86. The number of carbonyl (C=O) groups excluding carboxylic acids is 1. The predicted molar refractivity (Wildman–Crippen MR) is 111 cm³/mol. The zero-order valence-electron chi connectivity index (χ0n) is 15.4. The van der Waals surface area contributed by atoms with Crippen molar-refractivity contribution in [1.29, 1.82) is 5.41 Å². The Bertz CT molecular complexity index is 1020. The van der Waals surface area contributed by atoms with Crippen LogP contribution in [0.4, 0.5) is 5.69 Å². The average molecular weight is 388 g/mol. The molecule has 4 rings (SSSR count). The Balaban J connectivity index is 0.000000204. The summed E-state index contributed by atoms with van der Waals surface area (Å²) in [6, 6.07) is 22.5. The van der Waals surface area contributed by atoms with Gasteiger partial charge in [-0.15, -0.1) is 0 Å². The largest absolute Gasteiger partial charge is 0.389 e. The van der Waals surface area contributed by atoms with E-state index in [4.69, 9.17) is 17.0 Å². The molecule has 1 aliphatic rings. The van der Waals surface area contributed by atoms with E-state index < -0.39 is 6.17 Å². The van der Waals surface area contributed by atoms with Crippen LogP contribution < -0.4 is 16.9 Å². The molecule has 29 heavy (non-hydrogen) atoms. The Morgan fingerprint density at radius 2 is 1.69 bits per heavy atom. The summed E-state index contributed by atoms with van der Waals surface area (Å²) in [7, 11) is 0. The van der Waals surface area contributed by atoms with Crippen molar-refractivity contribution in [3.05, 3.63) is 95.8 Å². The maximum absolute atomic E-state index is 11.8. The molecule has 3 aromatic rings. The predicted octanol–water partition coefficient (Wildman–Crippen LogP) is 2.06. The van der Waals surface area contributed by atoms with Gasteiger partial charge >= 0.3 is 0 Å². The van der Waals surface area contributed by atoms with Crippen LogP contribution in [0, 0.1) is 5.41 Å². The molecule has 0 fully saturated rings. The number of nitrogens with zero attached hydrogens (tertiary/aromatic N) is 2. The van der Waals surface area contributed by atoms with Crippen molar-refractivity contribution in [2.75, 3.05) is 5.32 Å². The molecular weight excluding hydrogens is 368 g/mol. The van der Waals surface area contributed by atoms with Crippen LogP contribution in [0.5, 0.6) is 0 Å². The van der Waals surface area contributed by atoms with Gasteiger partial charge in [-0.1, -0.05) is 54.6 Å². The highest BCUT2D eigenvalue weighted by Gasteiger charge is 2.22. The molecule has 1 unspecified atom stereocenters. The van der Waals surface area contributed by atoms with Gasteiger partial charge in [-0.25, -0.2) is 0 Å². The molecule has 0 radical (unpaired) electrons.